The van der Waals surface area contributed by atoms with Gasteiger partial charge in [-0.15, -0.1) is 11.8 Å². The predicted octanol–water partition coefficient (Wildman–Crippen LogP) is 3.86. The molecule has 0 fully saturated rings. The summed E-state index contributed by atoms with van der Waals surface area (Å²) in [6.07, 6.45) is 3.45. The Morgan fingerprint density at radius 1 is 1.15 bits per heavy atom. The van der Waals surface area contributed by atoms with Crippen LogP contribution in [0.1, 0.15) is 18.1 Å². The maximum atomic E-state index is 12.2. The second kappa shape index (κ2) is 10.2. The number of phenolic OH excluding ortho intramolecular Hbond substituents is 1. The Kier molecular flexibility index (Phi) is 7.72. The van der Waals surface area contributed by atoms with E-state index in [0.29, 0.717) is 11.3 Å². The zero-order chi connectivity index (χ0) is 19.6. The van der Waals surface area contributed by atoms with Crippen molar-refractivity contribution in [3.8, 4) is 5.75 Å². The Morgan fingerprint density at radius 3 is 2.41 bits per heavy atom. The van der Waals surface area contributed by atoms with Gasteiger partial charge >= 0.3 is 6.09 Å². The number of benzene rings is 2. The molecule has 2 amide bonds. The van der Waals surface area contributed by atoms with Gasteiger partial charge in [-0.1, -0.05) is 18.2 Å². The van der Waals surface area contributed by atoms with Crippen LogP contribution in [0.4, 0.5) is 10.5 Å². The maximum absolute atomic E-state index is 12.2. The normalized spacial score (nSPS) is 11.8. The molecule has 1 atom stereocenters. The molecule has 7 nitrogen and oxygen atoms in total. The SMILES string of the molecule is CSc1ccc(NC(=O)O[C@H](C/C=C/C(=O)NO)c2ccc(O)cc2)cc1. The van der Waals surface area contributed by atoms with Crippen LogP contribution in [0.15, 0.2) is 65.6 Å². The monoisotopic (exact) mass is 388 g/mol. The molecule has 0 unspecified atom stereocenters. The van der Waals surface area contributed by atoms with Crippen LogP contribution in [-0.4, -0.2) is 28.6 Å². The molecule has 0 aromatic heterocycles. The number of thioether (sulfide) groups is 1. The number of anilines is 1. The Balaban J connectivity index is 2.07. The van der Waals surface area contributed by atoms with Gasteiger partial charge in [0.05, 0.1) is 0 Å². The summed E-state index contributed by atoms with van der Waals surface area (Å²) >= 11 is 1.60. The van der Waals surface area contributed by atoms with Crippen molar-refractivity contribution >= 4 is 29.4 Å². The van der Waals surface area contributed by atoms with Crippen LogP contribution < -0.4 is 10.8 Å². The Morgan fingerprint density at radius 2 is 1.81 bits per heavy atom. The molecule has 4 N–H and O–H groups in total. The lowest BCUT2D eigenvalue weighted by atomic mass is 10.1. The molecule has 0 aliphatic heterocycles. The van der Waals surface area contributed by atoms with E-state index < -0.39 is 18.1 Å². The summed E-state index contributed by atoms with van der Waals surface area (Å²) in [5, 5.41) is 20.6. The van der Waals surface area contributed by atoms with Crippen LogP contribution in [0, 0.1) is 0 Å². The Hall–Kier alpha value is -2.97. The van der Waals surface area contributed by atoms with E-state index in [0.717, 1.165) is 11.0 Å². The lowest BCUT2D eigenvalue weighted by Crippen LogP contribution is -2.18. The summed E-state index contributed by atoms with van der Waals surface area (Å²) < 4.78 is 5.47. The van der Waals surface area contributed by atoms with Crippen LogP contribution >= 0.6 is 11.8 Å². The average molecular weight is 388 g/mol. The highest BCUT2D eigenvalue weighted by molar-refractivity contribution is 7.98. The zero-order valence-electron chi connectivity index (χ0n) is 14.6. The van der Waals surface area contributed by atoms with Gasteiger partial charge in [0.15, 0.2) is 0 Å². The van der Waals surface area contributed by atoms with E-state index in [2.05, 4.69) is 5.32 Å². The molecule has 0 heterocycles. The minimum Gasteiger partial charge on any atom is -0.508 e. The number of hydrogen-bond acceptors (Lipinski definition) is 6. The summed E-state index contributed by atoms with van der Waals surface area (Å²) in [5.41, 5.74) is 2.73. The number of carbonyl (C=O) groups excluding carboxylic acids is 2. The van der Waals surface area contributed by atoms with Crippen LogP contribution in [0.2, 0.25) is 0 Å². The van der Waals surface area contributed by atoms with Crippen molar-refractivity contribution in [2.24, 2.45) is 0 Å². The largest absolute Gasteiger partial charge is 0.508 e. The number of amides is 2. The maximum Gasteiger partial charge on any atom is 0.412 e. The number of nitrogens with one attached hydrogen (secondary N) is 2. The van der Waals surface area contributed by atoms with E-state index in [-0.39, 0.29) is 12.2 Å². The second-order valence-electron chi connectivity index (χ2n) is 5.45. The fraction of sp³-hybridized carbons (Fsp3) is 0.158. The molecule has 0 spiro atoms. The number of hydrogen-bond donors (Lipinski definition) is 4. The molecule has 0 aliphatic carbocycles. The first-order valence-corrected chi connectivity index (χ1v) is 9.25. The highest BCUT2D eigenvalue weighted by Gasteiger charge is 2.16. The smallest absolute Gasteiger partial charge is 0.412 e. The van der Waals surface area contributed by atoms with Crippen molar-refractivity contribution in [2.45, 2.75) is 17.4 Å². The average Bonchev–Trinajstić information content (AvgIpc) is 2.68. The Labute approximate surface area is 161 Å². The van der Waals surface area contributed by atoms with Crippen LogP contribution in [0.25, 0.3) is 0 Å². The van der Waals surface area contributed by atoms with Crippen molar-refractivity contribution in [2.75, 3.05) is 11.6 Å². The van der Waals surface area contributed by atoms with Crippen molar-refractivity contribution in [3.05, 3.63) is 66.2 Å². The molecule has 0 saturated carbocycles. The zero-order valence-corrected chi connectivity index (χ0v) is 15.4. The molecule has 0 radical (unpaired) electrons. The highest BCUT2D eigenvalue weighted by Crippen LogP contribution is 2.25. The van der Waals surface area contributed by atoms with Crippen LogP contribution in [0.3, 0.4) is 0 Å². The molecule has 142 valence electrons. The number of ether oxygens (including phenoxy) is 1. The van der Waals surface area contributed by atoms with E-state index in [1.54, 1.807) is 36.0 Å². The second-order valence-corrected chi connectivity index (χ2v) is 6.33. The van der Waals surface area contributed by atoms with Crippen molar-refractivity contribution in [3.63, 3.8) is 0 Å². The molecule has 27 heavy (non-hydrogen) atoms. The minimum atomic E-state index is -0.683. The molecule has 2 aromatic rings. The molecular weight excluding hydrogens is 368 g/mol. The third kappa shape index (κ3) is 6.69. The van der Waals surface area contributed by atoms with Crippen molar-refractivity contribution in [1.29, 1.82) is 0 Å². The van der Waals surface area contributed by atoms with Crippen LogP contribution in [0.5, 0.6) is 5.75 Å². The summed E-state index contributed by atoms with van der Waals surface area (Å²) in [4.78, 5) is 24.4. The topological polar surface area (TPSA) is 108 Å². The molecule has 2 aromatic carbocycles. The molecule has 0 aliphatic rings. The van der Waals surface area contributed by atoms with Gasteiger partial charge in [-0.05, 0) is 48.2 Å². The third-order valence-electron chi connectivity index (χ3n) is 3.58. The highest BCUT2D eigenvalue weighted by atomic mass is 32.2. The first-order valence-electron chi connectivity index (χ1n) is 8.03. The molecule has 8 heteroatoms. The number of rotatable bonds is 7. The van der Waals surface area contributed by atoms with Gasteiger partial charge in [-0.2, -0.15) is 0 Å². The molecule has 2 rings (SSSR count). The van der Waals surface area contributed by atoms with E-state index in [1.165, 1.54) is 23.7 Å². The van der Waals surface area contributed by atoms with E-state index in [9.17, 15) is 14.7 Å². The first-order chi connectivity index (χ1) is 13.0. The van der Waals surface area contributed by atoms with Gasteiger partial charge in [-0.3, -0.25) is 15.3 Å². The number of carbonyl (C=O) groups is 2. The minimum absolute atomic E-state index is 0.0889. The summed E-state index contributed by atoms with van der Waals surface area (Å²) in [5.74, 6) is -0.594. The van der Waals surface area contributed by atoms with E-state index in [4.69, 9.17) is 9.94 Å². The molecule has 0 bridgehead atoms. The van der Waals surface area contributed by atoms with Gasteiger partial charge in [0.1, 0.15) is 11.9 Å². The number of phenols is 1. The van der Waals surface area contributed by atoms with Gasteiger partial charge in [0.2, 0.25) is 0 Å². The van der Waals surface area contributed by atoms with E-state index in [1.807, 2.05) is 18.4 Å². The van der Waals surface area contributed by atoms with Crippen molar-refractivity contribution < 1.29 is 24.6 Å². The van der Waals surface area contributed by atoms with E-state index >= 15 is 0 Å². The Bertz CT molecular complexity index is 791. The number of aromatic hydroxyl groups is 1. The molecular formula is C19H20N2O5S. The van der Waals surface area contributed by atoms with Gasteiger partial charge in [0, 0.05) is 23.1 Å². The summed E-state index contributed by atoms with van der Waals surface area (Å²) in [6.45, 7) is 0. The third-order valence-corrected chi connectivity index (χ3v) is 4.32. The predicted molar refractivity (Wildman–Crippen MR) is 103 cm³/mol. The van der Waals surface area contributed by atoms with Gasteiger partial charge in [-0.25, -0.2) is 10.3 Å². The summed E-state index contributed by atoms with van der Waals surface area (Å²) in [7, 11) is 0. The van der Waals surface area contributed by atoms with Crippen molar-refractivity contribution in [1.82, 2.24) is 5.48 Å². The van der Waals surface area contributed by atoms with Gasteiger partial charge < -0.3 is 9.84 Å². The quantitative estimate of drug-likeness (QED) is 0.248. The van der Waals surface area contributed by atoms with Crippen LogP contribution in [-0.2, 0) is 9.53 Å². The fourth-order valence-electron chi connectivity index (χ4n) is 2.23. The number of hydroxylamine groups is 1. The van der Waals surface area contributed by atoms with Gasteiger partial charge in [0.25, 0.3) is 5.91 Å². The fourth-order valence-corrected chi connectivity index (χ4v) is 2.64. The lowest BCUT2D eigenvalue weighted by Gasteiger charge is -2.17. The lowest BCUT2D eigenvalue weighted by molar-refractivity contribution is -0.124. The standard InChI is InChI=1S/C19H20N2O5S/c1-27-16-11-7-14(8-12-16)20-19(24)26-17(3-2-4-18(23)21-25)13-5-9-15(22)10-6-13/h2,4-12,17,22,25H,3H2,1H3,(H,20,24)(H,21,23)/b4-2+/t17-/m1/s1. The summed E-state index contributed by atoms with van der Waals surface area (Å²) in [6, 6.07) is 13.5. The first kappa shape index (κ1) is 20.3. The molecule has 0 saturated heterocycles.